The van der Waals surface area contributed by atoms with Crippen LogP contribution in [0, 0.1) is 0 Å². The second-order valence-electron chi connectivity index (χ2n) is 6.77. The molecule has 2 aromatic carbocycles. The lowest BCUT2D eigenvalue weighted by Crippen LogP contribution is -2.06. The number of benzene rings is 2. The first kappa shape index (κ1) is 17.3. The Hall–Kier alpha value is -2.83. The molecule has 28 heavy (non-hydrogen) atoms. The van der Waals surface area contributed by atoms with Gasteiger partial charge in [0.1, 0.15) is 5.82 Å². The maximum absolute atomic E-state index is 6.49. The standard InChI is InChI=1S/C20H16Cl2N6/c21-12-6-9-15(14(22)10-12)28-18(23)16-17(11-4-2-1-3-5-11)25-20(24-13-7-8-13)26-19(16)27-28/h1-6,9-10,13H,7-8,23H2,(H,24,26,27). The summed E-state index contributed by atoms with van der Waals surface area (Å²) in [5.74, 6) is 0.983. The Morgan fingerprint density at radius 2 is 1.82 bits per heavy atom. The van der Waals surface area contributed by atoms with Crippen LogP contribution in [-0.2, 0) is 0 Å². The maximum Gasteiger partial charge on any atom is 0.225 e. The molecule has 1 aliphatic carbocycles. The third-order valence-corrected chi connectivity index (χ3v) is 5.20. The molecule has 0 radical (unpaired) electrons. The van der Waals surface area contributed by atoms with E-state index in [0.717, 1.165) is 24.1 Å². The van der Waals surface area contributed by atoms with Crippen LogP contribution in [0.4, 0.5) is 11.8 Å². The number of nitrogens with zero attached hydrogens (tertiary/aromatic N) is 4. The third kappa shape index (κ3) is 3.04. The summed E-state index contributed by atoms with van der Waals surface area (Å²) in [6.07, 6.45) is 2.25. The number of halogens is 2. The van der Waals surface area contributed by atoms with Crippen molar-refractivity contribution in [2.24, 2.45) is 0 Å². The summed E-state index contributed by atoms with van der Waals surface area (Å²) in [7, 11) is 0. The lowest BCUT2D eigenvalue weighted by Gasteiger charge is -2.08. The van der Waals surface area contributed by atoms with Crippen molar-refractivity contribution in [2.75, 3.05) is 11.1 Å². The number of nitrogens with one attached hydrogen (secondary N) is 1. The molecule has 2 aromatic heterocycles. The van der Waals surface area contributed by atoms with Gasteiger partial charge in [-0.2, -0.15) is 4.98 Å². The molecule has 2 heterocycles. The molecule has 1 saturated carbocycles. The summed E-state index contributed by atoms with van der Waals surface area (Å²) < 4.78 is 1.59. The van der Waals surface area contributed by atoms with Gasteiger partial charge >= 0.3 is 0 Å². The number of hydrogen-bond acceptors (Lipinski definition) is 5. The van der Waals surface area contributed by atoms with Gasteiger partial charge in [-0.25, -0.2) is 9.67 Å². The lowest BCUT2D eigenvalue weighted by atomic mass is 10.1. The Morgan fingerprint density at radius 3 is 2.54 bits per heavy atom. The minimum atomic E-state index is 0.422. The third-order valence-electron chi connectivity index (χ3n) is 4.66. The number of fused-ring (bicyclic) bond motifs is 1. The van der Waals surface area contributed by atoms with E-state index in [4.69, 9.17) is 33.9 Å². The van der Waals surface area contributed by atoms with E-state index in [0.29, 0.717) is 44.6 Å². The summed E-state index contributed by atoms with van der Waals surface area (Å²) in [6, 6.07) is 15.5. The van der Waals surface area contributed by atoms with Gasteiger partial charge in [-0.15, -0.1) is 5.10 Å². The topological polar surface area (TPSA) is 81.7 Å². The van der Waals surface area contributed by atoms with Crippen molar-refractivity contribution in [3.63, 3.8) is 0 Å². The molecular weight excluding hydrogens is 395 g/mol. The number of nitrogens with two attached hydrogens (primary N) is 1. The molecule has 0 bridgehead atoms. The first-order valence-corrected chi connectivity index (χ1v) is 9.69. The summed E-state index contributed by atoms with van der Waals surface area (Å²) in [5.41, 5.74) is 9.32. The van der Waals surface area contributed by atoms with Crippen LogP contribution >= 0.6 is 23.2 Å². The van der Waals surface area contributed by atoms with Gasteiger partial charge < -0.3 is 11.1 Å². The van der Waals surface area contributed by atoms with E-state index in [1.807, 2.05) is 30.3 Å². The molecule has 0 atom stereocenters. The highest BCUT2D eigenvalue weighted by molar-refractivity contribution is 6.35. The van der Waals surface area contributed by atoms with Gasteiger partial charge in [0.15, 0.2) is 5.65 Å². The molecule has 0 unspecified atom stereocenters. The Balaban J connectivity index is 1.75. The van der Waals surface area contributed by atoms with Gasteiger partial charge in [-0.05, 0) is 31.0 Å². The summed E-state index contributed by atoms with van der Waals surface area (Å²) in [5, 5.41) is 9.67. The van der Waals surface area contributed by atoms with Crippen molar-refractivity contribution in [1.82, 2.24) is 19.7 Å². The number of hydrogen-bond donors (Lipinski definition) is 2. The quantitative estimate of drug-likeness (QED) is 0.497. The number of nitrogen functional groups attached to an aromatic ring is 1. The lowest BCUT2D eigenvalue weighted by molar-refractivity contribution is 0.899. The largest absolute Gasteiger partial charge is 0.383 e. The summed E-state index contributed by atoms with van der Waals surface area (Å²) >= 11 is 12.4. The van der Waals surface area contributed by atoms with Crippen molar-refractivity contribution in [1.29, 1.82) is 0 Å². The first-order chi connectivity index (χ1) is 13.6. The normalized spacial score (nSPS) is 13.8. The minimum absolute atomic E-state index is 0.422. The van der Waals surface area contributed by atoms with Crippen LogP contribution in [0.15, 0.2) is 48.5 Å². The molecule has 8 heteroatoms. The number of anilines is 2. The molecule has 0 aliphatic heterocycles. The first-order valence-electron chi connectivity index (χ1n) is 8.94. The fourth-order valence-corrected chi connectivity index (χ4v) is 3.62. The fraction of sp³-hybridized carbons (Fsp3) is 0.150. The molecule has 0 saturated heterocycles. The van der Waals surface area contributed by atoms with Crippen LogP contribution in [-0.4, -0.2) is 25.8 Å². The smallest absolute Gasteiger partial charge is 0.225 e. The Kier molecular flexibility index (Phi) is 4.10. The number of rotatable bonds is 4. The predicted molar refractivity (Wildman–Crippen MR) is 113 cm³/mol. The Labute approximate surface area is 171 Å². The van der Waals surface area contributed by atoms with Crippen LogP contribution < -0.4 is 11.1 Å². The van der Waals surface area contributed by atoms with E-state index in [9.17, 15) is 0 Å². The molecule has 3 N–H and O–H groups in total. The van der Waals surface area contributed by atoms with Crippen molar-refractivity contribution in [3.8, 4) is 16.9 Å². The highest BCUT2D eigenvalue weighted by atomic mass is 35.5. The predicted octanol–water partition coefficient (Wildman–Crippen LogP) is 4.95. The van der Waals surface area contributed by atoms with Crippen LogP contribution in [0.2, 0.25) is 10.0 Å². The Bertz CT molecular complexity index is 1180. The Morgan fingerprint density at radius 1 is 1.04 bits per heavy atom. The maximum atomic E-state index is 6.49. The van der Waals surface area contributed by atoms with E-state index < -0.39 is 0 Å². The monoisotopic (exact) mass is 410 g/mol. The van der Waals surface area contributed by atoms with E-state index in [2.05, 4.69) is 15.4 Å². The molecule has 1 fully saturated rings. The van der Waals surface area contributed by atoms with Gasteiger partial charge in [-0.1, -0.05) is 53.5 Å². The van der Waals surface area contributed by atoms with E-state index in [1.165, 1.54) is 0 Å². The van der Waals surface area contributed by atoms with E-state index in [1.54, 1.807) is 22.9 Å². The van der Waals surface area contributed by atoms with E-state index in [-0.39, 0.29) is 0 Å². The van der Waals surface area contributed by atoms with Gasteiger partial charge in [0, 0.05) is 16.6 Å². The molecule has 0 amide bonds. The minimum Gasteiger partial charge on any atom is -0.383 e. The fourth-order valence-electron chi connectivity index (χ4n) is 3.13. The van der Waals surface area contributed by atoms with Crippen molar-refractivity contribution in [3.05, 3.63) is 58.6 Å². The zero-order valence-electron chi connectivity index (χ0n) is 14.7. The highest BCUT2D eigenvalue weighted by Gasteiger charge is 2.25. The molecule has 140 valence electrons. The van der Waals surface area contributed by atoms with Crippen molar-refractivity contribution < 1.29 is 0 Å². The van der Waals surface area contributed by atoms with Crippen LogP contribution in [0.5, 0.6) is 0 Å². The number of aromatic nitrogens is 4. The molecular formula is C20H16Cl2N6. The molecule has 6 nitrogen and oxygen atoms in total. The molecule has 5 rings (SSSR count). The zero-order chi connectivity index (χ0) is 19.3. The second-order valence-corrected chi connectivity index (χ2v) is 7.62. The molecule has 4 aromatic rings. The second kappa shape index (κ2) is 6.65. The average Bonchev–Trinajstić information content (AvgIpc) is 3.44. The van der Waals surface area contributed by atoms with Gasteiger partial charge in [0.2, 0.25) is 5.95 Å². The van der Waals surface area contributed by atoms with Crippen molar-refractivity contribution in [2.45, 2.75) is 18.9 Å². The summed E-state index contributed by atoms with van der Waals surface area (Å²) in [6.45, 7) is 0. The van der Waals surface area contributed by atoms with Gasteiger partial charge in [-0.3, -0.25) is 0 Å². The molecule has 1 aliphatic rings. The van der Waals surface area contributed by atoms with Gasteiger partial charge in [0.25, 0.3) is 0 Å². The summed E-state index contributed by atoms with van der Waals surface area (Å²) in [4.78, 5) is 9.34. The van der Waals surface area contributed by atoms with Crippen LogP contribution in [0.25, 0.3) is 28.0 Å². The van der Waals surface area contributed by atoms with E-state index >= 15 is 0 Å². The SMILES string of the molecule is Nc1c2c(-c3ccccc3)nc(NC3CC3)nc2nn1-c1ccc(Cl)cc1Cl. The highest BCUT2D eigenvalue weighted by Crippen LogP contribution is 2.35. The van der Waals surface area contributed by atoms with Gasteiger partial charge in [0.05, 0.1) is 21.8 Å². The van der Waals surface area contributed by atoms with Crippen LogP contribution in [0.3, 0.4) is 0 Å². The van der Waals surface area contributed by atoms with Crippen LogP contribution in [0.1, 0.15) is 12.8 Å². The average molecular weight is 411 g/mol. The van der Waals surface area contributed by atoms with Crippen molar-refractivity contribution >= 4 is 46.0 Å². The molecule has 0 spiro atoms. The zero-order valence-corrected chi connectivity index (χ0v) is 16.2.